The van der Waals surface area contributed by atoms with Crippen LogP contribution in [0.5, 0.6) is 5.75 Å². The minimum atomic E-state index is 0.658. The number of nitrogens with zero attached hydrogens (tertiary/aromatic N) is 2. The molecule has 2 aromatic rings. The predicted molar refractivity (Wildman–Crippen MR) is 109 cm³/mol. The number of hydrogen-bond donors (Lipinski definition) is 2. The van der Waals surface area contributed by atoms with Crippen molar-refractivity contribution >= 4 is 5.96 Å². The molecule has 0 saturated heterocycles. The maximum absolute atomic E-state index is 5.92. The third kappa shape index (κ3) is 6.41. The van der Waals surface area contributed by atoms with E-state index in [0.29, 0.717) is 13.2 Å². The Kier molecular flexibility index (Phi) is 7.96. The van der Waals surface area contributed by atoms with Crippen LogP contribution >= 0.6 is 0 Å². The van der Waals surface area contributed by atoms with E-state index in [2.05, 4.69) is 57.8 Å². The lowest BCUT2D eigenvalue weighted by Gasteiger charge is -2.16. The summed E-state index contributed by atoms with van der Waals surface area (Å²) in [5.41, 5.74) is 3.66. The van der Waals surface area contributed by atoms with Gasteiger partial charge in [0.15, 0.2) is 5.96 Å². The molecule has 5 heteroatoms. The van der Waals surface area contributed by atoms with Gasteiger partial charge in [0.1, 0.15) is 12.4 Å². The van der Waals surface area contributed by atoms with E-state index in [0.717, 1.165) is 30.4 Å². The molecule has 0 fully saturated rings. The Hall–Kier alpha value is -2.53. The van der Waals surface area contributed by atoms with Gasteiger partial charge in [0.2, 0.25) is 0 Å². The van der Waals surface area contributed by atoms with Crippen molar-refractivity contribution in [3.8, 4) is 5.75 Å². The standard InChI is InChI=1S/C21H30N4O/c1-17-9-5-6-10-18(17)15-23-21(22-2)24-16-19-11-7-8-12-20(19)26-14-13-25(3)4/h5-12H,13-16H2,1-4H3,(H2,22,23,24). The van der Waals surface area contributed by atoms with Gasteiger partial charge in [-0.15, -0.1) is 0 Å². The van der Waals surface area contributed by atoms with E-state index in [1.165, 1.54) is 11.1 Å². The molecule has 0 aromatic heterocycles. The first kappa shape index (κ1) is 19.8. The number of rotatable bonds is 8. The fraction of sp³-hybridized carbons (Fsp3) is 0.381. The third-order valence-electron chi connectivity index (χ3n) is 4.15. The van der Waals surface area contributed by atoms with Crippen molar-refractivity contribution in [3.63, 3.8) is 0 Å². The molecule has 2 N–H and O–H groups in total. The van der Waals surface area contributed by atoms with E-state index in [1.54, 1.807) is 7.05 Å². The zero-order valence-corrected chi connectivity index (χ0v) is 16.2. The number of benzene rings is 2. The second kappa shape index (κ2) is 10.5. The average Bonchev–Trinajstić information content (AvgIpc) is 2.64. The molecule has 140 valence electrons. The van der Waals surface area contributed by atoms with E-state index < -0.39 is 0 Å². The highest BCUT2D eigenvalue weighted by atomic mass is 16.5. The van der Waals surface area contributed by atoms with Crippen LogP contribution in [0.25, 0.3) is 0 Å². The van der Waals surface area contributed by atoms with Gasteiger partial charge in [0.05, 0.1) is 0 Å². The van der Waals surface area contributed by atoms with Gasteiger partial charge in [-0.3, -0.25) is 4.99 Å². The van der Waals surface area contributed by atoms with Gasteiger partial charge in [-0.25, -0.2) is 0 Å². The van der Waals surface area contributed by atoms with Crippen molar-refractivity contribution in [2.75, 3.05) is 34.3 Å². The second-order valence-electron chi connectivity index (χ2n) is 6.47. The lowest BCUT2D eigenvalue weighted by Crippen LogP contribution is -2.36. The number of likely N-dealkylation sites (N-methyl/N-ethyl adjacent to an activating group) is 1. The van der Waals surface area contributed by atoms with Crippen LogP contribution in [0.15, 0.2) is 53.5 Å². The monoisotopic (exact) mass is 354 g/mol. The first-order valence-electron chi connectivity index (χ1n) is 8.94. The fourth-order valence-electron chi connectivity index (χ4n) is 2.52. The van der Waals surface area contributed by atoms with Gasteiger partial charge in [0, 0.05) is 32.2 Å². The molecule has 2 aromatic carbocycles. The second-order valence-corrected chi connectivity index (χ2v) is 6.47. The number of aryl methyl sites for hydroxylation is 1. The van der Waals surface area contributed by atoms with Crippen LogP contribution in [0.2, 0.25) is 0 Å². The minimum absolute atomic E-state index is 0.658. The highest BCUT2D eigenvalue weighted by Crippen LogP contribution is 2.17. The molecular formula is C21H30N4O. The SMILES string of the molecule is CN=C(NCc1ccccc1C)NCc1ccccc1OCCN(C)C. The van der Waals surface area contributed by atoms with Crippen LogP contribution in [0.4, 0.5) is 0 Å². The van der Waals surface area contributed by atoms with Crippen molar-refractivity contribution in [1.82, 2.24) is 15.5 Å². The van der Waals surface area contributed by atoms with Crippen LogP contribution in [-0.4, -0.2) is 45.2 Å². The number of hydrogen-bond acceptors (Lipinski definition) is 3. The molecule has 26 heavy (non-hydrogen) atoms. The molecule has 5 nitrogen and oxygen atoms in total. The lowest BCUT2D eigenvalue weighted by molar-refractivity contribution is 0.259. The van der Waals surface area contributed by atoms with Gasteiger partial charge < -0.3 is 20.3 Å². The number of nitrogens with one attached hydrogen (secondary N) is 2. The summed E-state index contributed by atoms with van der Waals surface area (Å²) in [7, 11) is 5.87. The van der Waals surface area contributed by atoms with Crippen molar-refractivity contribution in [3.05, 3.63) is 65.2 Å². The van der Waals surface area contributed by atoms with E-state index in [1.807, 2.05) is 32.3 Å². The lowest BCUT2D eigenvalue weighted by atomic mass is 10.1. The molecule has 0 atom stereocenters. The minimum Gasteiger partial charge on any atom is -0.492 e. The summed E-state index contributed by atoms with van der Waals surface area (Å²) in [6.45, 7) is 5.08. The topological polar surface area (TPSA) is 48.9 Å². The van der Waals surface area contributed by atoms with Crippen molar-refractivity contribution in [2.45, 2.75) is 20.0 Å². The fourth-order valence-corrected chi connectivity index (χ4v) is 2.52. The van der Waals surface area contributed by atoms with E-state index in [9.17, 15) is 0 Å². The third-order valence-corrected chi connectivity index (χ3v) is 4.15. The van der Waals surface area contributed by atoms with Crippen LogP contribution in [0.1, 0.15) is 16.7 Å². The molecule has 0 heterocycles. The summed E-state index contributed by atoms with van der Waals surface area (Å²) in [6, 6.07) is 16.5. The molecule has 0 bridgehead atoms. The first-order chi connectivity index (χ1) is 12.6. The summed E-state index contributed by atoms with van der Waals surface area (Å²) in [4.78, 5) is 6.42. The summed E-state index contributed by atoms with van der Waals surface area (Å²) < 4.78 is 5.92. The zero-order chi connectivity index (χ0) is 18.8. The van der Waals surface area contributed by atoms with Gasteiger partial charge in [0.25, 0.3) is 0 Å². The summed E-state index contributed by atoms with van der Waals surface area (Å²) in [5, 5.41) is 6.73. The maximum atomic E-state index is 5.92. The average molecular weight is 354 g/mol. The summed E-state index contributed by atoms with van der Waals surface area (Å²) in [5.74, 6) is 1.69. The van der Waals surface area contributed by atoms with Crippen molar-refractivity contribution < 1.29 is 4.74 Å². The zero-order valence-electron chi connectivity index (χ0n) is 16.2. The molecule has 0 radical (unpaired) electrons. The summed E-state index contributed by atoms with van der Waals surface area (Å²) in [6.07, 6.45) is 0. The van der Waals surface area contributed by atoms with Gasteiger partial charge in [-0.2, -0.15) is 0 Å². The molecular weight excluding hydrogens is 324 g/mol. The van der Waals surface area contributed by atoms with Gasteiger partial charge >= 0.3 is 0 Å². The van der Waals surface area contributed by atoms with Gasteiger partial charge in [-0.1, -0.05) is 42.5 Å². The Morgan fingerprint density at radius 1 is 0.962 bits per heavy atom. The Balaban J connectivity index is 1.89. The van der Waals surface area contributed by atoms with Crippen LogP contribution in [0, 0.1) is 6.92 Å². The molecule has 0 spiro atoms. The number of ether oxygens (including phenoxy) is 1. The number of guanidine groups is 1. The Bertz CT molecular complexity index is 713. The molecule has 2 rings (SSSR count). The predicted octanol–water partition coefficient (Wildman–Crippen LogP) is 2.80. The largest absolute Gasteiger partial charge is 0.492 e. The van der Waals surface area contributed by atoms with E-state index in [4.69, 9.17) is 4.74 Å². The molecule has 0 saturated carbocycles. The van der Waals surface area contributed by atoms with Crippen molar-refractivity contribution in [2.24, 2.45) is 4.99 Å². The van der Waals surface area contributed by atoms with Crippen LogP contribution < -0.4 is 15.4 Å². The highest BCUT2D eigenvalue weighted by molar-refractivity contribution is 5.79. The molecule has 0 aliphatic heterocycles. The molecule has 0 amide bonds. The van der Waals surface area contributed by atoms with Crippen molar-refractivity contribution in [1.29, 1.82) is 0 Å². The smallest absolute Gasteiger partial charge is 0.191 e. The molecule has 0 unspecified atom stereocenters. The van der Waals surface area contributed by atoms with Crippen LogP contribution in [-0.2, 0) is 13.1 Å². The maximum Gasteiger partial charge on any atom is 0.191 e. The molecule has 0 aliphatic rings. The highest BCUT2D eigenvalue weighted by Gasteiger charge is 2.05. The number of para-hydroxylation sites is 1. The molecule has 0 aliphatic carbocycles. The Labute approximate surface area is 157 Å². The van der Waals surface area contributed by atoms with E-state index in [-0.39, 0.29) is 0 Å². The first-order valence-corrected chi connectivity index (χ1v) is 8.94. The van der Waals surface area contributed by atoms with E-state index >= 15 is 0 Å². The van der Waals surface area contributed by atoms with Gasteiger partial charge in [-0.05, 0) is 38.2 Å². The quantitative estimate of drug-likeness (QED) is 0.565. The number of aliphatic imine (C=N–C) groups is 1. The van der Waals surface area contributed by atoms with Crippen LogP contribution in [0.3, 0.4) is 0 Å². The normalized spacial score (nSPS) is 11.5. The Morgan fingerprint density at radius 2 is 1.58 bits per heavy atom. The summed E-state index contributed by atoms with van der Waals surface area (Å²) >= 11 is 0. The Morgan fingerprint density at radius 3 is 2.23 bits per heavy atom.